The van der Waals surface area contributed by atoms with Gasteiger partial charge in [-0.25, -0.2) is 0 Å². The first kappa shape index (κ1) is 14.5. The molecule has 3 rings (SSSR count). The maximum absolute atomic E-state index is 5.43. The summed E-state index contributed by atoms with van der Waals surface area (Å²) in [5, 5.41) is 3.62. The summed E-state index contributed by atoms with van der Waals surface area (Å²) in [5.41, 5.74) is 3.78. The number of hydrogen-bond acceptors (Lipinski definition) is 2. The van der Waals surface area contributed by atoms with E-state index in [9.17, 15) is 0 Å². The molecule has 110 valence electrons. The van der Waals surface area contributed by atoms with Gasteiger partial charge in [0, 0.05) is 10.5 Å². The molecule has 0 bridgehead atoms. The van der Waals surface area contributed by atoms with Gasteiger partial charge in [0.1, 0.15) is 5.75 Å². The molecule has 0 spiro atoms. The van der Waals surface area contributed by atoms with Crippen molar-refractivity contribution in [3.8, 4) is 5.75 Å². The van der Waals surface area contributed by atoms with Gasteiger partial charge in [0.2, 0.25) is 0 Å². The minimum atomic E-state index is 0.526. The van der Waals surface area contributed by atoms with Gasteiger partial charge in [-0.15, -0.1) is 0 Å². The summed E-state index contributed by atoms with van der Waals surface area (Å²) in [5.74, 6) is 1.57. The Balaban J connectivity index is 1.65. The molecule has 0 amide bonds. The van der Waals surface area contributed by atoms with Crippen LogP contribution in [0.25, 0.3) is 0 Å². The fraction of sp³-hybridized carbons (Fsp3) is 0.333. The molecule has 3 heteroatoms. The Bertz CT molecular complexity index is 635. The lowest BCUT2D eigenvalue weighted by molar-refractivity contribution is 0.369. The topological polar surface area (TPSA) is 21.3 Å². The monoisotopic (exact) mass is 345 g/mol. The highest BCUT2D eigenvalue weighted by molar-refractivity contribution is 9.10. The first-order valence-electron chi connectivity index (χ1n) is 7.33. The molecule has 2 aromatic carbocycles. The molecule has 0 saturated heterocycles. The maximum atomic E-state index is 5.43. The summed E-state index contributed by atoms with van der Waals surface area (Å²) >= 11 is 3.65. The normalized spacial score (nSPS) is 20.7. The molecule has 1 aliphatic rings. The van der Waals surface area contributed by atoms with Gasteiger partial charge in [0.05, 0.1) is 12.8 Å². The van der Waals surface area contributed by atoms with Crippen LogP contribution in [0.15, 0.2) is 46.9 Å². The zero-order valence-electron chi connectivity index (χ0n) is 12.4. The molecule has 1 saturated carbocycles. The van der Waals surface area contributed by atoms with Crippen LogP contribution >= 0.6 is 15.9 Å². The van der Waals surface area contributed by atoms with Gasteiger partial charge in [0.15, 0.2) is 0 Å². The average Bonchev–Trinajstić information content (AvgIpc) is 2.44. The highest BCUT2D eigenvalue weighted by Crippen LogP contribution is 2.42. The van der Waals surface area contributed by atoms with Gasteiger partial charge < -0.3 is 10.1 Å². The average molecular weight is 346 g/mol. The van der Waals surface area contributed by atoms with Crippen molar-refractivity contribution in [2.75, 3.05) is 12.4 Å². The fourth-order valence-electron chi connectivity index (χ4n) is 2.95. The highest BCUT2D eigenvalue weighted by atomic mass is 79.9. The second-order valence-electron chi connectivity index (χ2n) is 5.73. The zero-order valence-corrected chi connectivity index (χ0v) is 14.0. The molecule has 0 unspecified atom stereocenters. The van der Waals surface area contributed by atoms with E-state index in [2.05, 4.69) is 64.6 Å². The lowest BCUT2D eigenvalue weighted by Gasteiger charge is -2.37. The van der Waals surface area contributed by atoms with Crippen molar-refractivity contribution < 1.29 is 4.74 Å². The van der Waals surface area contributed by atoms with Crippen LogP contribution in [0.3, 0.4) is 0 Å². The number of anilines is 1. The van der Waals surface area contributed by atoms with Crippen LogP contribution < -0.4 is 10.1 Å². The molecule has 1 aliphatic carbocycles. The number of ether oxygens (including phenoxy) is 1. The van der Waals surface area contributed by atoms with Gasteiger partial charge in [-0.1, -0.05) is 40.2 Å². The molecule has 2 nitrogen and oxygen atoms in total. The largest absolute Gasteiger partial charge is 0.495 e. The number of aryl methyl sites for hydroxylation is 1. The quantitative estimate of drug-likeness (QED) is 0.829. The minimum absolute atomic E-state index is 0.526. The summed E-state index contributed by atoms with van der Waals surface area (Å²) < 4.78 is 6.65. The second kappa shape index (κ2) is 6.10. The van der Waals surface area contributed by atoms with Crippen LogP contribution in [0.2, 0.25) is 0 Å². The van der Waals surface area contributed by atoms with E-state index in [1.165, 1.54) is 28.4 Å². The van der Waals surface area contributed by atoms with Crippen molar-refractivity contribution in [1.29, 1.82) is 0 Å². The maximum Gasteiger partial charge on any atom is 0.141 e. The molecule has 1 N–H and O–H groups in total. The van der Waals surface area contributed by atoms with Gasteiger partial charge in [-0.05, 0) is 55.0 Å². The first-order chi connectivity index (χ1) is 10.2. The Kier molecular flexibility index (Phi) is 4.20. The third kappa shape index (κ3) is 3.08. The van der Waals surface area contributed by atoms with Crippen LogP contribution in [0.4, 0.5) is 5.69 Å². The van der Waals surface area contributed by atoms with Gasteiger partial charge in [0.25, 0.3) is 0 Å². The zero-order chi connectivity index (χ0) is 14.8. The van der Waals surface area contributed by atoms with Crippen molar-refractivity contribution in [2.24, 2.45) is 0 Å². The van der Waals surface area contributed by atoms with Crippen LogP contribution in [-0.4, -0.2) is 13.2 Å². The third-order valence-electron chi connectivity index (χ3n) is 4.20. The number of methoxy groups -OCH3 is 1. The van der Waals surface area contributed by atoms with Crippen molar-refractivity contribution >= 4 is 21.6 Å². The molecule has 0 atom stereocenters. The SMILES string of the molecule is COc1ccc(C)cc1NC1CC(c2ccccc2Br)C1. The van der Waals surface area contributed by atoms with Gasteiger partial charge in [-0.3, -0.25) is 0 Å². The molecule has 21 heavy (non-hydrogen) atoms. The third-order valence-corrected chi connectivity index (χ3v) is 4.92. The lowest BCUT2D eigenvalue weighted by atomic mass is 9.76. The second-order valence-corrected chi connectivity index (χ2v) is 6.59. The number of benzene rings is 2. The lowest BCUT2D eigenvalue weighted by Crippen LogP contribution is -2.34. The fourth-order valence-corrected chi connectivity index (χ4v) is 3.56. The predicted molar refractivity (Wildman–Crippen MR) is 91.3 cm³/mol. The summed E-state index contributed by atoms with van der Waals surface area (Å²) in [4.78, 5) is 0. The Morgan fingerprint density at radius 2 is 1.90 bits per heavy atom. The minimum Gasteiger partial charge on any atom is -0.495 e. The van der Waals surface area contributed by atoms with Crippen LogP contribution in [-0.2, 0) is 0 Å². The van der Waals surface area contributed by atoms with E-state index in [0.29, 0.717) is 12.0 Å². The number of halogens is 1. The number of hydrogen-bond donors (Lipinski definition) is 1. The molecule has 0 aliphatic heterocycles. The predicted octanol–water partition coefficient (Wildman–Crippen LogP) is 5.12. The standard InChI is InChI=1S/C18H20BrNO/c1-12-7-8-18(21-2)17(9-12)20-14-10-13(11-14)15-5-3-4-6-16(15)19/h3-9,13-14,20H,10-11H2,1-2H3. The van der Waals surface area contributed by atoms with Crippen molar-refractivity contribution in [2.45, 2.75) is 31.7 Å². The Morgan fingerprint density at radius 3 is 2.62 bits per heavy atom. The molecule has 1 fully saturated rings. The van der Waals surface area contributed by atoms with E-state index in [1.807, 2.05) is 6.07 Å². The van der Waals surface area contributed by atoms with E-state index in [1.54, 1.807) is 7.11 Å². The summed E-state index contributed by atoms with van der Waals surface area (Å²) in [6.45, 7) is 2.11. The number of rotatable bonds is 4. The van der Waals surface area contributed by atoms with E-state index >= 15 is 0 Å². The van der Waals surface area contributed by atoms with Crippen molar-refractivity contribution in [3.63, 3.8) is 0 Å². The molecular formula is C18H20BrNO. The highest BCUT2D eigenvalue weighted by Gasteiger charge is 2.31. The van der Waals surface area contributed by atoms with Crippen LogP contribution in [0, 0.1) is 6.92 Å². The molecule has 0 radical (unpaired) electrons. The van der Waals surface area contributed by atoms with Gasteiger partial charge in [-0.2, -0.15) is 0 Å². The van der Waals surface area contributed by atoms with Crippen molar-refractivity contribution in [1.82, 2.24) is 0 Å². The van der Waals surface area contributed by atoms with Gasteiger partial charge >= 0.3 is 0 Å². The summed E-state index contributed by atoms with van der Waals surface area (Å²) in [6.07, 6.45) is 2.33. The Morgan fingerprint density at radius 1 is 1.14 bits per heavy atom. The molecule has 0 heterocycles. The number of nitrogens with one attached hydrogen (secondary N) is 1. The van der Waals surface area contributed by atoms with Crippen LogP contribution in [0.1, 0.15) is 29.9 Å². The Hall–Kier alpha value is -1.48. The van der Waals surface area contributed by atoms with Crippen molar-refractivity contribution in [3.05, 3.63) is 58.1 Å². The first-order valence-corrected chi connectivity index (χ1v) is 8.12. The summed E-state index contributed by atoms with van der Waals surface area (Å²) in [7, 11) is 1.72. The van der Waals surface area contributed by atoms with E-state index in [-0.39, 0.29) is 0 Å². The van der Waals surface area contributed by atoms with E-state index in [4.69, 9.17) is 4.74 Å². The van der Waals surface area contributed by atoms with E-state index < -0.39 is 0 Å². The molecule has 2 aromatic rings. The Labute approximate surface area is 134 Å². The molecular weight excluding hydrogens is 326 g/mol. The smallest absolute Gasteiger partial charge is 0.141 e. The van der Waals surface area contributed by atoms with Crippen LogP contribution in [0.5, 0.6) is 5.75 Å². The summed E-state index contributed by atoms with van der Waals surface area (Å²) in [6, 6.07) is 15.3. The van der Waals surface area contributed by atoms with E-state index in [0.717, 1.165) is 11.4 Å². The molecule has 0 aromatic heterocycles.